The molecule has 6 nitrogen and oxygen atoms in total. The summed E-state index contributed by atoms with van der Waals surface area (Å²) in [6.07, 6.45) is 1.83. The molecule has 3 N–H and O–H groups in total. The van der Waals surface area contributed by atoms with E-state index < -0.39 is 5.60 Å². The lowest BCUT2D eigenvalue weighted by Gasteiger charge is -2.21. The summed E-state index contributed by atoms with van der Waals surface area (Å²) in [4.78, 5) is 16.4. The number of nitrogens with zero attached hydrogens (tertiary/aromatic N) is 2. The summed E-state index contributed by atoms with van der Waals surface area (Å²) < 4.78 is 1.80. The maximum atomic E-state index is 11.9. The number of hydrogen-bond donors (Lipinski definition) is 3. The van der Waals surface area contributed by atoms with Gasteiger partial charge in [0.15, 0.2) is 5.96 Å². The fourth-order valence-corrected chi connectivity index (χ4v) is 3.53. The van der Waals surface area contributed by atoms with Gasteiger partial charge in [0.2, 0.25) is 0 Å². The van der Waals surface area contributed by atoms with Crippen LogP contribution >= 0.6 is 35.3 Å². The summed E-state index contributed by atoms with van der Waals surface area (Å²) in [5.74, 6) is 0.695. The molecule has 2 aromatic heterocycles. The SMILES string of the molecule is CCNC(=NCC(C)(O)c1ccsc1)NCCCCn1c(C)cccc1=O.I. The Kier molecular flexibility index (Phi) is 10.8. The third-order valence-corrected chi connectivity index (χ3v) is 5.08. The largest absolute Gasteiger partial charge is 0.383 e. The number of halogens is 1. The molecule has 0 spiro atoms. The molecule has 1 atom stereocenters. The lowest BCUT2D eigenvalue weighted by atomic mass is 10.00. The van der Waals surface area contributed by atoms with E-state index in [2.05, 4.69) is 15.6 Å². The molecule has 2 aromatic rings. The maximum absolute atomic E-state index is 11.9. The van der Waals surface area contributed by atoms with Crippen LogP contribution < -0.4 is 16.2 Å². The predicted octanol–water partition coefficient (Wildman–Crippen LogP) is 3.08. The van der Waals surface area contributed by atoms with Gasteiger partial charge in [-0.25, -0.2) is 4.99 Å². The highest BCUT2D eigenvalue weighted by molar-refractivity contribution is 14.0. The number of aliphatic hydroxyl groups is 1. The van der Waals surface area contributed by atoms with Gasteiger partial charge < -0.3 is 20.3 Å². The van der Waals surface area contributed by atoms with Crippen LogP contribution in [0.1, 0.15) is 37.9 Å². The van der Waals surface area contributed by atoms with Crippen LogP contribution in [0.4, 0.5) is 0 Å². The van der Waals surface area contributed by atoms with Crippen LogP contribution in [0.25, 0.3) is 0 Å². The smallest absolute Gasteiger partial charge is 0.250 e. The molecule has 1 unspecified atom stereocenters. The van der Waals surface area contributed by atoms with E-state index in [0.29, 0.717) is 12.5 Å². The highest BCUT2D eigenvalue weighted by Gasteiger charge is 2.23. The summed E-state index contributed by atoms with van der Waals surface area (Å²) in [6.45, 7) is 8.26. The average Bonchev–Trinajstić information content (AvgIpc) is 3.17. The number of pyridine rings is 1. The zero-order valence-electron chi connectivity index (χ0n) is 16.8. The first-order valence-corrected chi connectivity index (χ1v) is 10.3. The van der Waals surface area contributed by atoms with Crippen molar-refractivity contribution in [2.24, 2.45) is 4.99 Å². The number of aromatic nitrogens is 1. The first kappa shape index (κ1) is 24.6. The molecule has 0 radical (unpaired) electrons. The molecule has 0 aliphatic carbocycles. The molecule has 0 aliphatic heterocycles. The third-order valence-electron chi connectivity index (χ3n) is 4.40. The molecular formula is C20H31IN4O2S. The van der Waals surface area contributed by atoms with Gasteiger partial charge >= 0.3 is 0 Å². The van der Waals surface area contributed by atoms with Gasteiger partial charge in [0, 0.05) is 31.4 Å². The van der Waals surface area contributed by atoms with Crippen LogP contribution in [-0.4, -0.2) is 35.3 Å². The van der Waals surface area contributed by atoms with Crippen LogP contribution in [0, 0.1) is 6.92 Å². The summed E-state index contributed by atoms with van der Waals surface area (Å²) >= 11 is 1.57. The fourth-order valence-electron chi connectivity index (χ4n) is 2.75. The number of aryl methyl sites for hydroxylation is 1. The van der Waals surface area contributed by atoms with Gasteiger partial charge in [-0.3, -0.25) is 4.79 Å². The van der Waals surface area contributed by atoms with E-state index in [1.54, 1.807) is 35.0 Å². The van der Waals surface area contributed by atoms with Crippen molar-refractivity contribution in [2.75, 3.05) is 19.6 Å². The second-order valence-electron chi connectivity index (χ2n) is 6.77. The molecule has 0 aromatic carbocycles. The predicted molar refractivity (Wildman–Crippen MR) is 128 cm³/mol. The first-order chi connectivity index (χ1) is 12.9. The molecule has 0 saturated heterocycles. The molecule has 2 heterocycles. The number of thiophene rings is 1. The standard InChI is InChI=1S/C20H30N4O2S.HI/c1-4-21-19(23-15-20(3,26)17-10-13-27-14-17)22-11-5-6-12-24-16(2)8-7-9-18(24)25;/h7-10,13-14,26H,4-6,11-12,15H2,1-3H3,(H2,21,22,23);1H. The summed E-state index contributed by atoms with van der Waals surface area (Å²) in [5.41, 5.74) is 0.944. The Morgan fingerprint density at radius 3 is 2.71 bits per heavy atom. The second kappa shape index (κ2) is 12.2. The molecule has 28 heavy (non-hydrogen) atoms. The lowest BCUT2D eigenvalue weighted by Crippen LogP contribution is -2.39. The van der Waals surface area contributed by atoms with Crippen LogP contribution in [0.2, 0.25) is 0 Å². The Morgan fingerprint density at radius 1 is 1.29 bits per heavy atom. The monoisotopic (exact) mass is 518 g/mol. The highest BCUT2D eigenvalue weighted by atomic mass is 127. The Morgan fingerprint density at radius 2 is 2.07 bits per heavy atom. The Hall–Kier alpha value is -1.39. The van der Waals surface area contributed by atoms with E-state index >= 15 is 0 Å². The van der Waals surface area contributed by atoms with Crippen molar-refractivity contribution in [3.05, 3.63) is 56.6 Å². The zero-order chi connectivity index (χ0) is 19.7. The molecule has 0 amide bonds. The number of aliphatic imine (C=N–C) groups is 1. The van der Waals surface area contributed by atoms with Gasteiger partial charge in [-0.15, -0.1) is 24.0 Å². The minimum Gasteiger partial charge on any atom is -0.383 e. The van der Waals surface area contributed by atoms with E-state index in [1.807, 2.05) is 36.7 Å². The topological polar surface area (TPSA) is 78.7 Å². The lowest BCUT2D eigenvalue weighted by molar-refractivity contribution is 0.0677. The third kappa shape index (κ3) is 7.56. The van der Waals surface area contributed by atoms with Gasteiger partial charge in [-0.05, 0) is 62.1 Å². The Labute approximate surface area is 188 Å². The Bertz CT molecular complexity index is 788. The molecule has 8 heteroatoms. The van der Waals surface area contributed by atoms with Gasteiger partial charge in [-0.2, -0.15) is 11.3 Å². The summed E-state index contributed by atoms with van der Waals surface area (Å²) in [5, 5.41) is 21.0. The molecule has 0 fully saturated rings. The fraction of sp³-hybridized carbons (Fsp3) is 0.500. The van der Waals surface area contributed by atoms with Gasteiger partial charge in [0.25, 0.3) is 5.56 Å². The first-order valence-electron chi connectivity index (χ1n) is 9.37. The Balaban J connectivity index is 0.00000392. The van der Waals surface area contributed by atoms with Gasteiger partial charge in [-0.1, -0.05) is 6.07 Å². The van der Waals surface area contributed by atoms with Crippen LogP contribution in [0.3, 0.4) is 0 Å². The van der Waals surface area contributed by atoms with Crippen molar-refractivity contribution in [1.29, 1.82) is 0 Å². The normalized spacial score (nSPS) is 13.5. The van der Waals surface area contributed by atoms with Crippen molar-refractivity contribution in [3.63, 3.8) is 0 Å². The molecule has 156 valence electrons. The van der Waals surface area contributed by atoms with E-state index in [9.17, 15) is 9.90 Å². The van der Waals surface area contributed by atoms with Gasteiger partial charge in [0.05, 0.1) is 6.54 Å². The van der Waals surface area contributed by atoms with E-state index in [4.69, 9.17) is 0 Å². The van der Waals surface area contributed by atoms with Crippen LogP contribution in [-0.2, 0) is 12.1 Å². The van der Waals surface area contributed by atoms with Crippen molar-refractivity contribution >= 4 is 41.3 Å². The number of guanidine groups is 1. The maximum Gasteiger partial charge on any atom is 0.250 e. The molecule has 2 rings (SSSR count). The van der Waals surface area contributed by atoms with Crippen molar-refractivity contribution < 1.29 is 5.11 Å². The molecule has 0 aliphatic rings. The summed E-state index contributed by atoms with van der Waals surface area (Å²) in [6, 6.07) is 7.27. The highest BCUT2D eigenvalue weighted by Crippen LogP contribution is 2.23. The molecule has 0 bridgehead atoms. The minimum absolute atomic E-state index is 0. The van der Waals surface area contributed by atoms with Crippen molar-refractivity contribution in [2.45, 2.75) is 45.8 Å². The number of hydrogen-bond acceptors (Lipinski definition) is 4. The summed E-state index contributed by atoms with van der Waals surface area (Å²) in [7, 11) is 0. The van der Waals surface area contributed by atoms with E-state index in [1.165, 1.54) is 0 Å². The average molecular weight is 518 g/mol. The number of nitrogens with one attached hydrogen (secondary N) is 2. The number of unbranched alkanes of at least 4 members (excludes halogenated alkanes) is 1. The molecular weight excluding hydrogens is 487 g/mol. The van der Waals surface area contributed by atoms with E-state index in [0.717, 1.165) is 37.2 Å². The zero-order valence-corrected chi connectivity index (χ0v) is 19.9. The van der Waals surface area contributed by atoms with Crippen LogP contribution in [0.15, 0.2) is 44.8 Å². The minimum atomic E-state index is -0.978. The van der Waals surface area contributed by atoms with Crippen LogP contribution in [0.5, 0.6) is 0 Å². The molecule has 0 saturated carbocycles. The van der Waals surface area contributed by atoms with Gasteiger partial charge in [0.1, 0.15) is 5.60 Å². The number of rotatable bonds is 9. The quantitative estimate of drug-likeness (QED) is 0.206. The second-order valence-corrected chi connectivity index (χ2v) is 7.55. The van der Waals surface area contributed by atoms with E-state index in [-0.39, 0.29) is 36.1 Å². The van der Waals surface area contributed by atoms with Crippen molar-refractivity contribution in [1.82, 2.24) is 15.2 Å². The van der Waals surface area contributed by atoms with Crippen molar-refractivity contribution in [3.8, 4) is 0 Å².